The van der Waals surface area contributed by atoms with Gasteiger partial charge in [-0.2, -0.15) is 0 Å². The maximum Gasteiger partial charge on any atom is 0.251 e. The molecule has 1 aromatic carbocycles. The van der Waals surface area contributed by atoms with Crippen LogP contribution >= 0.6 is 0 Å². The molecule has 4 nitrogen and oxygen atoms in total. The van der Waals surface area contributed by atoms with Gasteiger partial charge in [-0.3, -0.25) is 4.79 Å². The molecule has 0 saturated carbocycles. The van der Waals surface area contributed by atoms with Crippen molar-refractivity contribution < 1.29 is 9.90 Å². The first-order valence-electron chi connectivity index (χ1n) is 7.07. The largest absolute Gasteiger partial charge is 0.396 e. The molecule has 1 atom stereocenters. The summed E-state index contributed by atoms with van der Waals surface area (Å²) in [4.78, 5) is 14.4. The highest BCUT2D eigenvalue weighted by Gasteiger charge is 2.24. The molecule has 0 saturated heterocycles. The molecule has 0 bridgehead atoms. The van der Waals surface area contributed by atoms with Gasteiger partial charge in [0.25, 0.3) is 5.91 Å². The van der Waals surface area contributed by atoms with Crippen LogP contribution in [0, 0.1) is 0 Å². The smallest absolute Gasteiger partial charge is 0.251 e. The minimum atomic E-state index is -0.358. The summed E-state index contributed by atoms with van der Waals surface area (Å²) in [6.45, 7) is 4.86. The lowest BCUT2D eigenvalue weighted by Gasteiger charge is -2.29. The maximum atomic E-state index is 12.3. The van der Waals surface area contributed by atoms with E-state index in [-0.39, 0.29) is 18.1 Å². The second kappa shape index (κ2) is 7.41. The summed E-state index contributed by atoms with van der Waals surface area (Å²) in [5, 5.41) is 12.1. The van der Waals surface area contributed by atoms with Gasteiger partial charge in [0.1, 0.15) is 0 Å². The second-order valence-electron chi connectivity index (χ2n) is 5.78. The normalized spacial score (nSPS) is 14.1. The topological polar surface area (TPSA) is 52.6 Å². The van der Waals surface area contributed by atoms with Gasteiger partial charge in [0.15, 0.2) is 0 Å². The zero-order valence-corrected chi connectivity index (χ0v) is 12.9. The number of carbonyl (C=O) groups excluding carboxylic acids is 1. The first kappa shape index (κ1) is 16.7. The molecule has 4 heteroatoms. The minimum Gasteiger partial charge on any atom is -0.396 e. The zero-order chi connectivity index (χ0) is 15.2. The van der Waals surface area contributed by atoms with Crippen LogP contribution < -0.4 is 5.32 Å². The first-order chi connectivity index (χ1) is 9.40. The number of nitrogens with zero attached hydrogens (tertiary/aromatic N) is 1. The third kappa shape index (κ3) is 4.94. The molecule has 2 N–H and O–H groups in total. The van der Waals surface area contributed by atoms with Crippen LogP contribution in [0.3, 0.4) is 0 Å². The standard InChI is InChI=1S/C16H26N2O2/c1-5-16(2,9-10-19)17-15(20)14-8-6-7-13(11-14)12-18(3)4/h6-8,11,19H,5,9-10,12H2,1-4H3,(H,17,20). The van der Waals surface area contributed by atoms with E-state index in [2.05, 4.69) is 10.2 Å². The van der Waals surface area contributed by atoms with Gasteiger partial charge in [-0.1, -0.05) is 19.1 Å². The van der Waals surface area contributed by atoms with Crippen molar-refractivity contribution in [1.82, 2.24) is 10.2 Å². The molecule has 0 fully saturated rings. The molecule has 0 aliphatic carbocycles. The lowest BCUT2D eigenvalue weighted by Crippen LogP contribution is -2.46. The Bertz CT molecular complexity index is 446. The first-order valence-corrected chi connectivity index (χ1v) is 7.07. The molecular weight excluding hydrogens is 252 g/mol. The van der Waals surface area contributed by atoms with Gasteiger partial charge in [0.05, 0.1) is 0 Å². The number of hydrogen-bond acceptors (Lipinski definition) is 3. The lowest BCUT2D eigenvalue weighted by atomic mass is 9.94. The van der Waals surface area contributed by atoms with E-state index in [9.17, 15) is 4.79 Å². The highest BCUT2D eigenvalue weighted by atomic mass is 16.3. The van der Waals surface area contributed by atoms with Crippen LogP contribution in [0.15, 0.2) is 24.3 Å². The molecule has 0 aromatic heterocycles. The van der Waals surface area contributed by atoms with E-state index in [1.54, 1.807) is 0 Å². The number of benzene rings is 1. The maximum absolute atomic E-state index is 12.3. The summed E-state index contributed by atoms with van der Waals surface area (Å²) in [5.41, 5.74) is 1.42. The van der Waals surface area contributed by atoms with Crippen LogP contribution in [0.25, 0.3) is 0 Å². The van der Waals surface area contributed by atoms with Crippen molar-refractivity contribution in [2.75, 3.05) is 20.7 Å². The Hall–Kier alpha value is -1.39. The van der Waals surface area contributed by atoms with E-state index in [1.165, 1.54) is 0 Å². The van der Waals surface area contributed by atoms with Crippen LogP contribution in [-0.2, 0) is 6.54 Å². The summed E-state index contributed by atoms with van der Waals surface area (Å²) in [7, 11) is 4.00. The van der Waals surface area contributed by atoms with Gasteiger partial charge in [0, 0.05) is 24.3 Å². The molecule has 20 heavy (non-hydrogen) atoms. The molecule has 1 rings (SSSR count). The van der Waals surface area contributed by atoms with E-state index in [4.69, 9.17) is 5.11 Å². The van der Waals surface area contributed by atoms with E-state index < -0.39 is 0 Å². The Balaban J connectivity index is 2.81. The van der Waals surface area contributed by atoms with Gasteiger partial charge < -0.3 is 15.3 Å². The van der Waals surface area contributed by atoms with Crippen molar-refractivity contribution in [2.24, 2.45) is 0 Å². The van der Waals surface area contributed by atoms with Gasteiger partial charge in [0.2, 0.25) is 0 Å². The predicted octanol–water partition coefficient (Wildman–Crippen LogP) is 2.03. The third-order valence-electron chi connectivity index (χ3n) is 3.55. The fraction of sp³-hybridized carbons (Fsp3) is 0.562. The summed E-state index contributed by atoms with van der Waals surface area (Å²) < 4.78 is 0. The Morgan fingerprint density at radius 3 is 2.65 bits per heavy atom. The highest BCUT2D eigenvalue weighted by molar-refractivity contribution is 5.94. The van der Waals surface area contributed by atoms with Gasteiger partial charge in [-0.15, -0.1) is 0 Å². The summed E-state index contributed by atoms with van der Waals surface area (Å²) >= 11 is 0. The van der Waals surface area contributed by atoms with E-state index in [0.717, 1.165) is 18.5 Å². The fourth-order valence-corrected chi connectivity index (χ4v) is 2.10. The SMILES string of the molecule is CCC(C)(CCO)NC(=O)c1cccc(CN(C)C)c1. The van der Waals surface area contributed by atoms with Crippen molar-refractivity contribution in [2.45, 2.75) is 38.8 Å². The molecule has 1 unspecified atom stereocenters. The van der Waals surface area contributed by atoms with Crippen molar-refractivity contribution in [3.8, 4) is 0 Å². The van der Waals surface area contributed by atoms with Crippen molar-refractivity contribution in [3.63, 3.8) is 0 Å². The summed E-state index contributed by atoms with van der Waals surface area (Å²) in [6.07, 6.45) is 1.35. The predicted molar refractivity (Wildman–Crippen MR) is 81.7 cm³/mol. The average Bonchev–Trinajstić information content (AvgIpc) is 2.38. The van der Waals surface area contributed by atoms with E-state index in [1.807, 2.05) is 52.2 Å². The van der Waals surface area contributed by atoms with Gasteiger partial charge in [-0.25, -0.2) is 0 Å². The molecular formula is C16H26N2O2. The molecule has 112 valence electrons. The van der Waals surface area contributed by atoms with Crippen molar-refractivity contribution in [1.29, 1.82) is 0 Å². The molecule has 0 spiro atoms. The number of rotatable bonds is 7. The summed E-state index contributed by atoms with van der Waals surface area (Å²) in [5.74, 6) is -0.0802. The Morgan fingerprint density at radius 2 is 2.10 bits per heavy atom. The van der Waals surface area contributed by atoms with E-state index >= 15 is 0 Å². The Kier molecular flexibility index (Phi) is 6.17. The van der Waals surface area contributed by atoms with Crippen LogP contribution in [0.5, 0.6) is 0 Å². The number of hydrogen-bond donors (Lipinski definition) is 2. The number of aliphatic hydroxyl groups excluding tert-OH is 1. The number of carbonyl (C=O) groups is 1. The lowest BCUT2D eigenvalue weighted by molar-refractivity contribution is 0.0886. The van der Waals surface area contributed by atoms with Gasteiger partial charge >= 0.3 is 0 Å². The number of nitrogens with one attached hydrogen (secondary N) is 1. The Labute approximate surface area is 121 Å². The minimum absolute atomic E-state index is 0.0747. The molecule has 0 radical (unpaired) electrons. The van der Waals surface area contributed by atoms with Gasteiger partial charge in [-0.05, 0) is 51.6 Å². The molecule has 1 aromatic rings. The average molecular weight is 278 g/mol. The van der Waals surface area contributed by atoms with Crippen molar-refractivity contribution >= 4 is 5.91 Å². The van der Waals surface area contributed by atoms with Crippen LogP contribution in [0.1, 0.15) is 42.6 Å². The monoisotopic (exact) mass is 278 g/mol. The fourth-order valence-electron chi connectivity index (χ4n) is 2.10. The molecule has 0 aliphatic heterocycles. The Morgan fingerprint density at radius 1 is 1.40 bits per heavy atom. The quantitative estimate of drug-likeness (QED) is 0.802. The third-order valence-corrected chi connectivity index (χ3v) is 3.55. The molecule has 0 heterocycles. The second-order valence-corrected chi connectivity index (χ2v) is 5.78. The molecule has 1 amide bonds. The number of amides is 1. The van der Waals surface area contributed by atoms with E-state index in [0.29, 0.717) is 12.0 Å². The van der Waals surface area contributed by atoms with Crippen molar-refractivity contribution in [3.05, 3.63) is 35.4 Å². The highest BCUT2D eigenvalue weighted by Crippen LogP contribution is 2.15. The van der Waals surface area contributed by atoms with Crippen LogP contribution in [-0.4, -0.2) is 42.2 Å². The number of aliphatic hydroxyl groups is 1. The van der Waals surface area contributed by atoms with Crippen LogP contribution in [0.2, 0.25) is 0 Å². The zero-order valence-electron chi connectivity index (χ0n) is 12.9. The molecule has 0 aliphatic rings. The van der Waals surface area contributed by atoms with Crippen LogP contribution in [0.4, 0.5) is 0 Å². The summed E-state index contributed by atoms with van der Waals surface area (Å²) in [6, 6.07) is 7.67.